The second kappa shape index (κ2) is 3.04. The molecule has 3 nitrogen and oxygen atoms in total. The van der Waals surface area contributed by atoms with Crippen LogP contribution in [0.2, 0.25) is 0 Å². The molecule has 0 saturated carbocycles. The third kappa shape index (κ3) is 1.54. The lowest BCUT2D eigenvalue weighted by atomic mass is 9.85. The highest BCUT2D eigenvalue weighted by molar-refractivity contribution is 5.88. The highest BCUT2D eigenvalue weighted by Crippen LogP contribution is 2.39. The Labute approximate surface area is 78.0 Å². The normalized spacial score (nSPS) is 35.3. The zero-order chi connectivity index (χ0) is 9.31. The zero-order valence-electron chi connectivity index (χ0n) is 7.80. The molecule has 2 heterocycles. The van der Waals surface area contributed by atoms with Crippen molar-refractivity contribution in [3.8, 4) is 11.8 Å². The topological polar surface area (TPSA) is 29.5 Å². The van der Waals surface area contributed by atoms with E-state index in [9.17, 15) is 4.79 Å². The monoisotopic (exact) mass is 179 g/mol. The van der Waals surface area contributed by atoms with Crippen molar-refractivity contribution in [1.29, 1.82) is 0 Å². The fourth-order valence-corrected chi connectivity index (χ4v) is 2.12. The molecule has 2 bridgehead atoms. The Balaban J connectivity index is 2.07. The van der Waals surface area contributed by atoms with Gasteiger partial charge in [0.15, 0.2) is 0 Å². The Hall–Kier alpha value is -1.01. The predicted octanol–water partition coefficient (Wildman–Crippen LogP) is 0.259. The Morgan fingerprint density at radius 2 is 2.15 bits per heavy atom. The maximum Gasteiger partial charge on any atom is 0.384 e. The molecule has 0 aromatic carbocycles. The molecule has 0 aromatic rings. The first-order valence-corrected chi connectivity index (χ1v) is 4.58. The summed E-state index contributed by atoms with van der Waals surface area (Å²) in [4.78, 5) is 13.2. The van der Waals surface area contributed by atoms with Crippen LogP contribution in [0.5, 0.6) is 0 Å². The lowest BCUT2D eigenvalue weighted by molar-refractivity contribution is -0.133. The molecule has 3 heteroatoms. The van der Waals surface area contributed by atoms with Gasteiger partial charge in [-0.05, 0) is 25.9 Å². The van der Waals surface area contributed by atoms with Gasteiger partial charge in [0.1, 0.15) is 0 Å². The van der Waals surface area contributed by atoms with Crippen molar-refractivity contribution in [2.75, 3.05) is 26.7 Å². The number of fused-ring (bicyclic) bond motifs is 2. The molecule has 0 aliphatic carbocycles. The standard InChI is InChI=1S/C10H13NO2/c1-13-9(12)2-3-10-4-6-11(8-10)7-5-10/h4-8H2,1H3. The summed E-state index contributed by atoms with van der Waals surface area (Å²) < 4.78 is 4.49. The van der Waals surface area contributed by atoms with Crippen LogP contribution in [0, 0.1) is 17.3 Å². The van der Waals surface area contributed by atoms with Gasteiger partial charge in [0.2, 0.25) is 0 Å². The molecular weight excluding hydrogens is 166 g/mol. The minimum atomic E-state index is -0.417. The summed E-state index contributed by atoms with van der Waals surface area (Å²) >= 11 is 0. The molecular formula is C10H13NO2. The van der Waals surface area contributed by atoms with Gasteiger partial charge in [0.25, 0.3) is 0 Å². The van der Waals surface area contributed by atoms with Crippen molar-refractivity contribution in [2.24, 2.45) is 5.41 Å². The number of hydrogen-bond donors (Lipinski definition) is 0. The van der Waals surface area contributed by atoms with E-state index in [0.29, 0.717) is 0 Å². The first kappa shape index (κ1) is 8.58. The summed E-state index contributed by atoms with van der Waals surface area (Å²) in [5.74, 6) is 5.21. The minimum Gasteiger partial charge on any atom is -0.459 e. The third-order valence-corrected chi connectivity index (χ3v) is 2.95. The quantitative estimate of drug-likeness (QED) is 0.303. The Kier molecular flexibility index (Phi) is 2.01. The van der Waals surface area contributed by atoms with E-state index in [-0.39, 0.29) is 5.41 Å². The van der Waals surface area contributed by atoms with Crippen molar-refractivity contribution in [2.45, 2.75) is 12.8 Å². The molecule has 13 heavy (non-hydrogen) atoms. The molecule has 2 aliphatic heterocycles. The largest absolute Gasteiger partial charge is 0.459 e. The third-order valence-electron chi connectivity index (χ3n) is 2.95. The van der Waals surface area contributed by atoms with E-state index in [2.05, 4.69) is 21.5 Å². The highest BCUT2D eigenvalue weighted by atomic mass is 16.5. The van der Waals surface area contributed by atoms with Gasteiger partial charge in [-0.1, -0.05) is 5.92 Å². The molecule has 0 unspecified atom stereocenters. The average Bonchev–Trinajstić information content (AvgIpc) is 2.74. The molecule has 0 atom stereocenters. The fourth-order valence-electron chi connectivity index (χ4n) is 2.12. The minimum absolute atomic E-state index is 0.105. The zero-order valence-corrected chi connectivity index (χ0v) is 7.80. The van der Waals surface area contributed by atoms with Crippen LogP contribution in [0.15, 0.2) is 0 Å². The number of nitrogens with zero attached hydrogens (tertiary/aromatic N) is 1. The molecule has 0 aromatic heterocycles. The number of piperidine rings is 1. The Morgan fingerprint density at radius 1 is 1.46 bits per heavy atom. The van der Waals surface area contributed by atoms with Crippen molar-refractivity contribution in [3.05, 3.63) is 0 Å². The summed E-state index contributed by atoms with van der Waals surface area (Å²) in [6.07, 6.45) is 2.22. The second-order valence-corrected chi connectivity index (χ2v) is 3.80. The van der Waals surface area contributed by atoms with Crippen LogP contribution in [0.3, 0.4) is 0 Å². The van der Waals surface area contributed by atoms with Crippen LogP contribution in [-0.4, -0.2) is 37.6 Å². The number of carbonyl (C=O) groups is 1. The second-order valence-electron chi connectivity index (χ2n) is 3.80. The molecule has 2 rings (SSSR count). The van der Waals surface area contributed by atoms with Gasteiger partial charge in [0.05, 0.1) is 7.11 Å². The number of carbonyl (C=O) groups excluding carboxylic acids is 1. The summed E-state index contributed by atoms with van der Waals surface area (Å²) in [5.41, 5.74) is 0.105. The lowest BCUT2D eigenvalue weighted by Gasteiger charge is -2.17. The lowest BCUT2D eigenvalue weighted by Crippen LogP contribution is -2.18. The first-order chi connectivity index (χ1) is 6.24. The van der Waals surface area contributed by atoms with E-state index < -0.39 is 5.97 Å². The number of esters is 1. The molecule has 0 N–H and O–H groups in total. The SMILES string of the molecule is COC(=O)C#CC12CCN(CC1)C2. The average molecular weight is 179 g/mol. The van der Waals surface area contributed by atoms with Crippen LogP contribution in [0.25, 0.3) is 0 Å². The summed E-state index contributed by atoms with van der Waals surface area (Å²) in [5, 5.41) is 0. The Morgan fingerprint density at radius 3 is 2.62 bits per heavy atom. The highest BCUT2D eigenvalue weighted by Gasteiger charge is 2.42. The molecule has 0 spiro atoms. The number of methoxy groups -OCH3 is 1. The maximum atomic E-state index is 10.8. The predicted molar refractivity (Wildman–Crippen MR) is 47.9 cm³/mol. The molecule has 70 valence electrons. The fraction of sp³-hybridized carbons (Fsp3) is 0.700. The van der Waals surface area contributed by atoms with Crippen LogP contribution in [-0.2, 0) is 9.53 Å². The van der Waals surface area contributed by atoms with Gasteiger partial charge in [-0.15, -0.1) is 0 Å². The molecule has 2 fully saturated rings. The number of hydrogen-bond acceptors (Lipinski definition) is 3. The van der Waals surface area contributed by atoms with E-state index >= 15 is 0 Å². The van der Waals surface area contributed by atoms with Gasteiger partial charge in [-0.25, -0.2) is 4.79 Å². The molecule has 2 aliphatic rings. The number of ether oxygens (including phenoxy) is 1. The molecule has 0 radical (unpaired) electrons. The van der Waals surface area contributed by atoms with Crippen LogP contribution in [0.4, 0.5) is 0 Å². The van der Waals surface area contributed by atoms with Crippen molar-refractivity contribution < 1.29 is 9.53 Å². The summed E-state index contributed by atoms with van der Waals surface area (Å²) in [6.45, 7) is 3.31. The Bertz CT molecular complexity index is 279. The first-order valence-electron chi connectivity index (χ1n) is 4.58. The van der Waals surface area contributed by atoms with Crippen molar-refractivity contribution in [3.63, 3.8) is 0 Å². The van der Waals surface area contributed by atoms with Crippen molar-refractivity contribution >= 4 is 5.97 Å². The van der Waals surface area contributed by atoms with E-state index in [1.807, 2.05) is 0 Å². The van der Waals surface area contributed by atoms with Gasteiger partial charge in [0, 0.05) is 17.9 Å². The smallest absolute Gasteiger partial charge is 0.384 e. The van der Waals surface area contributed by atoms with Crippen LogP contribution >= 0.6 is 0 Å². The van der Waals surface area contributed by atoms with Gasteiger partial charge >= 0.3 is 5.97 Å². The summed E-state index contributed by atoms with van der Waals surface area (Å²) in [6, 6.07) is 0. The van der Waals surface area contributed by atoms with Crippen molar-refractivity contribution in [1.82, 2.24) is 4.90 Å². The molecule has 2 saturated heterocycles. The summed E-state index contributed by atoms with van der Waals surface area (Å²) in [7, 11) is 1.37. The van der Waals surface area contributed by atoms with E-state index in [0.717, 1.165) is 32.5 Å². The van der Waals surface area contributed by atoms with Gasteiger partial charge in [-0.3, -0.25) is 0 Å². The maximum absolute atomic E-state index is 10.8. The van der Waals surface area contributed by atoms with E-state index in [1.54, 1.807) is 0 Å². The van der Waals surface area contributed by atoms with Crippen LogP contribution < -0.4 is 0 Å². The number of rotatable bonds is 0. The van der Waals surface area contributed by atoms with Gasteiger partial charge < -0.3 is 9.64 Å². The molecule has 0 amide bonds. The van der Waals surface area contributed by atoms with E-state index in [1.165, 1.54) is 7.11 Å². The van der Waals surface area contributed by atoms with Crippen LogP contribution in [0.1, 0.15) is 12.8 Å². The van der Waals surface area contributed by atoms with Gasteiger partial charge in [-0.2, -0.15) is 0 Å². The van der Waals surface area contributed by atoms with E-state index in [4.69, 9.17) is 0 Å².